The molecule has 25 heavy (non-hydrogen) atoms. The molecule has 0 atom stereocenters. The molecular formula is C18H15ClN2O4. The fourth-order valence-corrected chi connectivity index (χ4v) is 2.67. The summed E-state index contributed by atoms with van der Waals surface area (Å²) in [7, 11) is 0. The Morgan fingerprint density at radius 1 is 1.24 bits per heavy atom. The number of aromatic carboxylic acids is 1. The number of nitrogens with zero attached hydrogens (tertiary/aromatic N) is 1. The molecule has 3 aromatic rings. The average molecular weight is 359 g/mol. The van der Waals surface area contributed by atoms with E-state index in [4.69, 9.17) is 16.3 Å². The normalized spacial score (nSPS) is 10.8. The number of nitrogens with one attached hydrogen (secondary N) is 1. The van der Waals surface area contributed by atoms with E-state index in [0.29, 0.717) is 28.5 Å². The van der Waals surface area contributed by atoms with E-state index in [9.17, 15) is 14.7 Å². The number of aromatic amines is 1. The third-order valence-electron chi connectivity index (χ3n) is 3.70. The maximum atomic E-state index is 12.6. The summed E-state index contributed by atoms with van der Waals surface area (Å²) < 4.78 is 5.83. The first-order valence-corrected chi connectivity index (χ1v) is 8.08. The molecule has 7 heteroatoms. The molecule has 0 saturated carbocycles. The van der Waals surface area contributed by atoms with Gasteiger partial charge in [-0.05, 0) is 36.2 Å². The van der Waals surface area contributed by atoms with Gasteiger partial charge in [0.25, 0.3) is 0 Å². The second-order valence-electron chi connectivity index (χ2n) is 5.43. The van der Waals surface area contributed by atoms with Gasteiger partial charge in [0.15, 0.2) is 0 Å². The number of fused-ring (bicyclic) bond motifs is 1. The summed E-state index contributed by atoms with van der Waals surface area (Å²) in [4.78, 5) is 23.9. The SMILES string of the molecule is CCCOc1c(-c2ccc(Cl)cc2)ccc2[nH]nc(C(=O)O)c(=O)c12. The zero-order chi connectivity index (χ0) is 18.0. The number of rotatable bonds is 5. The minimum atomic E-state index is -1.39. The lowest BCUT2D eigenvalue weighted by Gasteiger charge is -2.14. The van der Waals surface area contributed by atoms with E-state index in [1.807, 2.05) is 19.1 Å². The van der Waals surface area contributed by atoms with Crippen molar-refractivity contribution < 1.29 is 14.6 Å². The third kappa shape index (κ3) is 3.21. The van der Waals surface area contributed by atoms with Crippen molar-refractivity contribution in [3.8, 4) is 16.9 Å². The van der Waals surface area contributed by atoms with Gasteiger partial charge < -0.3 is 9.84 Å². The Labute approximate surface area is 148 Å². The zero-order valence-corrected chi connectivity index (χ0v) is 14.1. The quantitative estimate of drug-likeness (QED) is 0.725. The largest absolute Gasteiger partial charge is 0.492 e. The molecule has 0 fully saturated rings. The van der Waals surface area contributed by atoms with E-state index in [-0.39, 0.29) is 5.39 Å². The lowest BCUT2D eigenvalue weighted by molar-refractivity contribution is 0.0688. The van der Waals surface area contributed by atoms with Crippen molar-refractivity contribution in [2.45, 2.75) is 13.3 Å². The van der Waals surface area contributed by atoms with Gasteiger partial charge in [-0.1, -0.05) is 30.7 Å². The van der Waals surface area contributed by atoms with Crippen LogP contribution in [-0.4, -0.2) is 27.9 Å². The molecule has 128 valence electrons. The molecule has 0 aliphatic heterocycles. The summed E-state index contributed by atoms with van der Waals surface area (Å²) in [6, 6.07) is 10.6. The lowest BCUT2D eigenvalue weighted by atomic mass is 10.0. The van der Waals surface area contributed by atoms with Crippen LogP contribution in [0.4, 0.5) is 0 Å². The number of hydrogen-bond donors (Lipinski definition) is 2. The Kier molecular flexibility index (Phi) is 4.72. The van der Waals surface area contributed by atoms with Crippen LogP contribution in [0.15, 0.2) is 41.2 Å². The number of benzene rings is 2. The van der Waals surface area contributed by atoms with Crippen molar-refractivity contribution in [2.75, 3.05) is 6.61 Å². The summed E-state index contributed by atoms with van der Waals surface area (Å²) in [5.41, 5.74) is 0.667. The fraction of sp³-hybridized carbons (Fsp3) is 0.167. The van der Waals surface area contributed by atoms with Gasteiger partial charge in [0.2, 0.25) is 11.1 Å². The molecule has 0 aliphatic carbocycles. The number of carbonyl (C=O) groups is 1. The third-order valence-corrected chi connectivity index (χ3v) is 3.95. The topological polar surface area (TPSA) is 92.3 Å². The first-order chi connectivity index (χ1) is 12.0. The van der Waals surface area contributed by atoms with Gasteiger partial charge in [-0.3, -0.25) is 9.89 Å². The van der Waals surface area contributed by atoms with Gasteiger partial charge in [0.1, 0.15) is 5.75 Å². The monoisotopic (exact) mass is 358 g/mol. The fourth-order valence-electron chi connectivity index (χ4n) is 2.54. The highest BCUT2D eigenvalue weighted by molar-refractivity contribution is 6.30. The van der Waals surface area contributed by atoms with E-state index in [0.717, 1.165) is 12.0 Å². The van der Waals surface area contributed by atoms with Gasteiger partial charge in [-0.25, -0.2) is 4.79 Å². The van der Waals surface area contributed by atoms with Gasteiger partial charge in [0.05, 0.1) is 17.5 Å². The summed E-state index contributed by atoms with van der Waals surface area (Å²) in [6.45, 7) is 2.34. The van der Waals surface area contributed by atoms with Gasteiger partial charge >= 0.3 is 5.97 Å². The van der Waals surface area contributed by atoms with Gasteiger partial charge in [-0.15, -0.1) is 0 Å². The Bertz CT molecular complexity index is 996. The highest BCUT2D eigenvalue weighted by Gasteiger charge is 2.20. The number of H-pyrrole nitrogens is 1. The molecule has 6 nitrogen and oxygen atoms in total. The van der Waals surface area contributed by atoms with Gasteiger partial charge in [-0.2, -0.15) is 5.10 Å². The average Bonchev–Trinajstić information content (AvgIpc) is 2.60. The van der Waals surface area contributed by atoms with Crippen LogP contribution in [0.5, 0.6) is 5.75 Å². The predicted octanol–water partition coefficient (Wildman–Crippen LogP) is 3.73. The van der Waals surface area contributed by atoms with Crippen molar-refractivity contribution in [1.82, 2.24) is 10.2 Å². The van der Waals surface area contributed by atoms with E-state index in [1.54, 1.807) is 24.3 Å². The first kappa shape index (κ1) is 17.0. The molecule has 0 aliphatic rings. The van der Waals surface area contributed by atoms with Crippen LogP contribution in [0.25, 0.3) is 22.0 Å². The molecule has 1 heterocycles. The van der Waals surface area contributed by atoms with Crippen molar-refractivity contribution in [3.63, 3.8) is 0 Å². The van der Waals surface area contributed by atoms with Crippen molar-refractivity contribution >= 4 is 28.5 Å². The Morgan fingerprint density at radius 3 is 2.60 bits per heavy atom. The molecule has 1 aromatic heterocycles. The second kappa shape index (κ2) is 6.94. The number of halogens is 1. The smallest absolute Gasteiger partial charge is 0.360 e. The summed E-state index contributed by atoms with van der Waals surface area (Å²) in [5.74, 6) is -1.05. The summed E-state index contributed by atoms with van der Waals surface area (Å²) in [6.07, 6.45) is 0.741. The summed E-state index contributed by atoms with van der Waals surface area (Å²) in [5, 5.41) is 16.2. The number of aromatic nitrogens is 2. The molecule has 2 N–H and O–H groups in total. The predicted molar refractivity (Wildman–Crippen MR) is 95.6 cm³/mol. The zero-order valence-electron chi connectivity index (χ0n) is 13.4. The highest BCUT2D eigenvalue weighted by Crippen LogP contribution is 2.35. The van der Waals surface area contributed by atoms with Crippen LogP contribution >= 0.6 is 11.6 Å². The molecule has 0 bridgehead atoms. The second-order valence-corrected chi connectivity index (χ2v) is 5.86. The molecule has 0 radical (unpaired) electrons. The van der Waals surface area contributed by atoms with E-state index in [2.05, 4.69) is 10.2 Å². The van der Waals surface area contributed by atoms with E-state index in [1.165, 1.54) is 0 Å². The number of carboxylic acid groups (broad SMARTS) is 1. The molecule has 0 saturated heterocycles. The minimum absolute atomic E-state index is 0.174. The van der Waals surface area contributed by atoms with Crippen LogP contribution in [0.1, 0.15) is 23.8 Å². The number of carboxylic acids is 1. The maximum absolute atomic E-state index is 12.6. The molecular weight excluding hydrogens is 344 g/mol. The van der Waals surface area contributed by atoms with Crippen LogP contribution in [0.2, 0.25) is 5.02 Å². The molecule has 2 aromatic carbocycles. The lowest BCUT2D eigenvalue weighted by Crippen LogP contribution is -2.19. The Hall–Kier alpha value is -2.86. The van der Waals surface area contributed by atoms with Crippen molar-refractivity contribution in [1.29, 1.82) is 0 Å². The van der Waals surface area contributed by atoms with E-state index < -0.39 is 17.1 Å². The van der Waals surface area contributed by atoms with Crippen LogP contribution < -0.4 is 10.2 Å². The van der Waals surface area contributed by atoms with Crippen LogP contribution in [0, 0.1) is 0 Å². The standard InChI is InChI=1S/C18H15ClN2O4/c1-2-9-25-17-12(10-3-5-11(19)6-4-10)7-8-13-14(17)16(22)15(18(23)24)21-20-13/h3-8H,2,9H2,1H3,(H,20,22)(H,23,24). The Balaban J connectivity index is 2.33. The molecule has 0 unspecified atom stereocenters. The molecule has 0 amide bonds. The molecule has 0 spiro atoms. The van der Waals surface area contributed by atoms with Crippen molar-refractivity contribution in [3.05, 3.63) is 57.3 Å². The first-order valence-electron chi connectivity index (χ1n) is 7.70. The minimum Gasteiger partial charge on any atom is -0.492 e. The molecule has 3 rings (SSSR count). The van der Waals surface area contributed by atoms with Crippen LogP contribution in [0.3, 0.4) is 0 Å². The van der Waals surface area contributed by atoms with E-state index >= 15 is 0 Å². The van der Waals surface area contributed by atoms with Crippen molar-refractivity contribution in [2.24, 2.45) is 0 Å². The summed E-state index contributed by atoms with van der Waals surface area (Å²) >= 11 is 5.94. The van der Waals surface area contributed by atoms with Gasteiger partial charge in [0, 0.05) is 10.6 Å². The maximum Gasteiger partial charge on any atom is 0.360 e. The highest BCUT2D eigenvalue weighted by atomic mass is 35.5. The van der Waals surface area contributed by atoms with Crippen LogP contribution in [-0.2, 0) is 0 Å². The number of hydrogen-bond acceptors (Lipinski definition) is 4. The number of ether oxygens (including phenoxy) is 1. The Morgan fingerprint density at radius 2 is 1.96 bits per heavy atom.